The van der Waals surface area contributed by atoms with Gasteiger partial charge in [0.2, 0.25) is 11.0 Å². The van der Waals surface area contributed by atoms with Crippen molar-refractivity contribution in [3.63, 3.8) is 0 Å². The molecule has 0 radical (unpaired) electrons. The third-order valence-corrected chi connectivity index (χ3v) is 6.52. The predicted octanol–water partition coefficient (Wildman–Crippen LogP) is 4.03. The summed E-state index contributed by atoms with van der Waals surface area (Å²) < 4.78 is 84.3. The first kappa shape index (κ1) is 25.3. The van der Waals surface area contributed by atoms with Crippen molar-refractivity contribution < 1.29 is 35.2 Å². The van der Waals surface area contributed by atoms with E-state index in [1.54, 1.807) is 0 Å². The van der Waals surface area contributed by atoms with Crippen LogP contribution in [0.4, 0.5) is 17.6 Å². The summed E-state index contributed by atoms with van der Waals surface area (Å²) in [6.07, 6.45) is -3.26. The molecule has 1 amide bonds. The van der Waals surface area contributed by atoms with Gasteiger partial charge in [0.15, 0.2) is 0 Å². The Labute approximate surface area is 202 Å². The highest BCUT2D eigenvalue weighted by Crippen LogP contribution is 2.30. The Balaban J connectivity index is 1.39. The lowest BCUT2D eigenvalue weighted by Crippen LogP contribution is -2.44. The van der Waals surface area contributed by atoms with Gasteiger partial charge in [-0.2, -0.15) is 17.9 Å². The van der Waals surface area contributed by atoms with Crippen LogP contribution >= 0.6 is 0 Å². The highest BCUT2D eigenvalue weighted by molar-refractivity contribution is 7.89. The molecule has 4 rings (SSSR count). The lowest BCUT2D eigenvalue weighted by atomic mass is 10.1. The van der Waals surface area contributed by atoms with Crippen molar-refractivity contribution in [1.82, 2.24) is 20.0 Å². The average Bonchev–Trinajstić information content (AvgIpc) is 3.26. The van der Waals surface area contributed by atoms with E-state index in [9.17, 15) is 30.8 Å². The van der Waals surface area contributed by atoms with E-state index in [0.29, 0.717) is 17.0 Å². The summed E-state index contributed by atoms with van der Waals surface area (Å²) in [5, 5.41) is 2.31. The second kappa shape index (κ2) is 9.66. The molecular formula is C23H18F4N4O4S. The highest BCUT2D eigenvalue weighted by Gasteiger charge is 2.30. The molecule has 4 aromatic rings. The van der Waals surface area contributed by atoms with E-state index < -0.39 is 44.6 Å². The Morgan fingerprint density at radius 1 is 1.06 bits per heavy atom. The maximum atomic E-state index is 13.4. The number of furan rings is 1. The second-order valence-corrected chi connectivity index (χ2v) is 9.42. The normalized spacial score (nSPS) is 13.0. The predicted molar refractivity (Wildman–Crippen MR) is 120 cm³/mol. The Hall–Kier alpha value is -3.84. The molecule has 0 saturated carbocycles. The van der Waals surface area contributed by atoms with Gasteiger partial charge >= 0.3 is 6.18 Å². The standard InChI is InChI=1S/C23H18F4N4O4S/c1-13(31-36(33,34)21-9-15-8-17(24)6-7-20(15)35-21)22(32)28-11-18-10-19(30-12-29-18)14-2-4-16(5-3-14)23(25,26)27/h2-10,12-13,31H,11H2,1H3,(H,28,32)/t13-/m0/s1. The molecule has 0 aliphatic rings. The van der Waals surface area contributed by atoms with Gasteiger partial charge in [-0.1, -0.05) is 12.1 Å². The van der Waals surface area contributed by atoms with Gasteiger partial charge in [0.25, 0.3) is 10.0 Å². The quantitative estimate of drug-likeness (QED) is 0.354. The summed E-state index contributed by atoms with van der Waals surface area (Å²) in [5.41, 5.74) is 0.492. The molecule has 0 saturated heterocycles. The number of nitrogens with zero attached hydrogens (tertiary/aromatic N) is 2. The number of alkyl halides is 3. The summed E-state index contributed by atoms with van der Waals surface area (Å²) in [7, 11) is -4.22. The molecule has 0 fully saturated rings. The number of aromatic nitrogens is 2. The molecule has 0 aliphatic heterocycles. The second-order valence-electron chi connectivity index (χ2n) is 7.78. The van der Waals surface area contributed by atoms with Gasteiger partial charge in [-0.05, 0) is 43.3 Å². The van der Waals surface area contributed by atoms with Gasteiger partial charge < -0.3 is 9.73 Å². The summed E-state index contributed by atoms with van der Waals surface area (Å²) in [6.45, 7) is 1.23. The summed E-state index contributed by atoms with van der Waals surface area (Å²) in [4.78, 5) is 20.5. The Morgan fingerprint density at radius 3 is 2.47 bits per heavy atom. The van der Waals surface area contributed by atoms with Gasteiger partial charge in [-0.25, -0.2) is 22.8 Å². The fourth-order valence-corrected chi connectivity index (χ4v) is 4.45. The number of amides is 1. The molecule has 2 aromatic carbocycles. The monoisotopic (exact) mass is 522 g/mol. The van der Waals surface area contributed by atoms with E-state index in [4.69, 9.17) is 4.42 Å². The van der Waals surface area contributed by atoms with Gasteiger partial charge in [-0.15, -0.1) is 0 Å². The van der Waals surface area contributed by atoms with Crippen LogP contribution in [0, 0.1) is 5.82 Å². The van der Waals surface area contributed by atoms with E-state index >= 15 is 0 Å². The summed E-state index contributed by atoms with van der Waals surface area (Å²) in [5.74, 6) is -1.23. The number of nitrogens with one attached hydrogen (secondary N) is 2. The van der Waals surface area contributed by atoms with Crippen molar-refractivity contribution in [3.05, 3.63) is 78.0 Å². The van der Waals surface area contributed by atoms with Crippen molar-refractivity contribution in [3.8, 4) is 11.3 Å². The zero-order valence-corrected chi connectivity index (χ0v) is 19.3. The van der Waals surface area contributed by atoms with Crippen LogP contribution in [0.25, 0.3) is 22.2 Å². The molecule has 0 spiro atoms. The minimum atomic E-state index is -4.46. The first-order valence-corrected chi connectivity index (χ1v) is 11.9. The van der Waals surface area contributed by atoms with Crippen molar-refractivity contribution >= 4 is 26.9 Å². The van der Waals surface area contributed by atoms with Crippen molar-refractivity contribution in [2.75, 3.05) is 0 Å². The maximum absolute atomic E-state index is 13.4. The van der Waals surface area contributed by atoms with E-state index in [1.807, 2.05) is 0 Å². The van der Waals surface area contributed by atoms with Gasteiger partial charge in [0, 0.05) is 17.0 Å². The molecule has 0 unspecified atom stereocenters. The van der Waals surface area contributed by atoms with Crippen LogP contribution in [0.3, 0.4) is 0 Å². The first-order valence-electron chi connectivity index (χ1n) is 10.4. The van der Waals surface area contributed by atoms with Crippen LogP contribution in [-0.2, 0) is 27.5 Å². The van der Waals surface area contributed by atoms with Crippen LogP contribution in [0.5, 0.6) is 0 Å². The molecule has 8 nitrogen and oxygen atoms in total. The smallest absolute Gasteiger partial charge is 0.416 e. The fourth-order valence-electron chi connectivity index (χ4n) is 3.28. The van der Waals surface area contributed by atoms with Crippen LogP contribution in [0.2, 0.25) is 0 Å². The zero-order chi connectivity index (χ0) is 26.1. The Bertz CT molecular complexity index is 1520. The number of hydrogen-bond acceptors (Lipinski definition) is 6. The topological polar surface area (TPSA) is 114 Å². The number of benzene rings is 2. The fraction of sp³-hybridized carbons (Fsp3) is 0.174. The van der Waals surface area contributed by atoms with Crippen molar-refractivity contribution in [2.45, 2.75) is 30.8 Å². The van der Waals surface area contributed by atoms with Crippen molar-refractivity contribution in [2.24, 2.45) is 0 Å². The lowest BCUT2D eigenvalue weighted by molar-refractivity contribution is -0.137. The molecule has 13 heteroatoms. The van der Waals surface area contributed by atoms with E-state index in [-0.39, 0.29) is 17.5 Å². The Morgan fingerprint density at radius 2 is 1.78 bits per heavy atom. The number of sulfonamides is 1. The van der Waals surface area contributed by atoms with E-state index in [2.05, 4.69) is 20.0 Å². The molecule has 1 atom stereocenters. The summed E-state index contributed by atoms with van der Waals surface area (Å²) >= 11 is 0. The molecule has 2 heterocycles. The molecule has 0 bridgehead atoms. The van der Waals surface area contributed by atoms with Gasteiger partial charge in [0.1, 0.15) is 17.7 Å². The van der Waals surface area contributed by atoms with Crippen molar-refractivity contribution in [1.29, 1.82) is 0 Å². The van der Waals surface area contributed by atoms with Gasteiger partial charge in [0.05, 0.1) is 29.5 Å². The minimum absolute atomic E-state index is 0.0923. The molecular weight excluding hydrogens is 504 g/mol. The third-order valence-electron chi connectivity index (χ3n) is 5.12. The Kier molecular flexibility index (Phi) is 6.78. The van der Waals surface area contributed by atoms with Gasteiger partial charge in [-0.3, -0.25) is 4.79 Å². The zero-order valence-electron chi connectivity index (χ0n) is 18.5. The van der Waals surface area contributed by atoms with E-state index in [0.717, 1.165) is 30.3 Å². The molecule has 0 aliphatic carbocycles. The highest BCUT2D eigenvalue weighted by atomic mass is 32.2. The molecule has 2 aromatic heterocycles. The number of rotatable bonds is 7. The molecule has 188 valence electrons. The van der Waals surface area contributed by atoms with Crippen LogP contribution < -0.4 is 10.0 Å². The number of carbonyl (C=O) groups excluding carboxylic acids is 1. The number of fused-ring (bicyclic) bond motifs is 1. The largest absolute Gasteiger partial charge is 0.443 e. The van der Waals surface area contributed by atoms with E-state index in [1.165, 1.54) is 37.5 Å². The minimum Gasteiger partial charge on any atom is -0.443 e. The average molecular weight is 522 g/mol. The lowest BCUT2D eigenvalue weighted by Gasteiger charge is -2.13. The maximum Gasteiger partial charge on any atom is 0.416 e. The van der Waals surface area contributed by atoms with Crippen LogP contribution in [-0.4, -0.2) is 30.3 Å². The van der Waals surface area contributed by atoms with Crippen LogP contribution in [0.15, 0.2) is 70.4 Å². The number of hydrogen-bond donors (Lipinski definition) is 2. The number of carbonyl (C=O) groups is 1. The molecule has 2 N–H and O–H groups in total. The summed E-state index contributed by atoms with van der Waals surface area (Å²) in [6, 6.07) is 9.40. The third kappa shape index (κ3) is 5.69. The number of halogens is 4. The van der Waals surface area contributed by atoms with Crippen LogP contribution in [0.1, 0.15) is 18.2 Å². The first-order chi connectivity index (χ1) is 16.9. The SMILES string of the molecule is C[C@H](NS(=O)(=O)c1cc2cc(F)ccc2o1)C(=O)NCc1cc(-c2ccc(C(F)(F)F)cc2)ncn1. The molecule has 36 heavy (non-hydrogen) atoms.